The molecule has 0 aromatic carbocycles. The van der Waals surface area contributed by atoms with Crippen LogP contribution in [0.3, 0.4) is 0 Å². The van der Waals surface area contributed by atoms with E-state index in [2.05, 4.69) is 0 Å². The number of esters is 2. The SMILES string of the molecule is O=C(O)CCC(=O)O[C@@H]([C@H](OC(=O)CCC(=O)O)[C@H]1CO1)[C@@H]1CO1. The minimum absolute atomic E-state index is 0.312. The van der Waals surface area contributed by atoms with Gasteiger partial charge in [-0.15, -0.1) is 0 Å². The maximum Gasteiger partial charge on any atom is 0.306 e. The van der Waals surface area contributed by atoms with Crippen LogP contribution in [0.5, 0.6) is 0 Å². The Morgan fingerprint density at radius 1 is 0.792 bits per heavy atom. The van der Waals surface area contributed by atoms with Gasteiger partial charge in [-0.3, -0.25) is 19.2 Å². The van der Waals surface area contributed by atoms with Crippen molar-refractivity contribution in [3.8, 4) is 0 Å². The fourth-order valence-electron chi connectivity index (χ4n) is 2.04. The van der Waals surface area contributed by atoms with E-state index in [1.165, 1.54) is 0 Å². The third-order valence-corrected chi connectivity index (χ3v) is 3.40. The lowest BCUT2D eigenvalue weighted by atomic mass is 10.1. The predicted octanol–water partition coefficient (Wildman–Crippen LogP) is -0.663. The van der Waals surface area contributed by atoms with Gasteiger partial charge in [0.2, 0.25) is 0 Å². The molecule has 134 valence electrons. The molecule has 0 bridgehead atoms. The van der Waals surface area contributed by atoms with E-state index < -0.39 is 48.3 Å². The van der Waals surface area contributed by atoms with Crippen LogP contribution >= 0.6 is 0 Å². The zero-order valence-electron chi connectivity index (χ0n) is 12.7. The van der Waals surface area contributed by atoms with Gasteiger partial charge >= 0.3 is 23.9 Å². The number of carboxylic acid groups (broad SMARTS) is 2. The molecule has 0 saturated carbocycles. The van der Waals surface area contributed by atoms with Gasteiger partial charge in [0.15, 0.2) is 12.2 Å². The highest BCUT2D eigenvalue weighted by atomic mass is 16.7. The number of hydrogen-bond donors (Lipinski definition) is 2. The summed E-state index contributed by atoms with van der Waals surface area (Å²) in [6, 6.07) is 0. The molecule has 0 amide bonds. The molecule has 2 N–H and O–H groups in total. The second-order valence-corrected chi connectivity index (χ2v) is 5.44. The highest BCUT2D eigenvalue weighted by Crippen LogP contribution is 2.30. The van der Waals surface area contributed by atoms with Crippen molar-refractivity contribution < 1.29 is 48.3 Å². The average Bonchev–Trinajstić information content (AvgIpc) is 3.37. The second-order valence-electron chi connectivity index (χ2n) is 5.44. The Bertz CT molecular complexity index is 462. The largest absolute Gasteiger partial charge is 0.481 e. The molecule has 0 unspecified atom stereocenters. The first kappa shape index (κ1) is 18.1. The standard InChI is InChI=1S/C14H18O10/c15-9(16)1-3-11(19)23-13(7-5-21-7)14(8-6-22-8)24-12(20)4-2-10(17)18/h7-8,13-14H,1-6H2,(H,15,16)(H,17,18)/t7-,8+,13-,14-/m1/s1. The van der Waals surface area contributed by atoms with Gasteiger partial charge in [-0.25, -0.2) is 0 Å². The van der Waals surface area contributed by atoms with Gasteiger partial charge in [0.1, 0.15) is 12.2 Å². The molecule has 0 aromatic heterocycles. The van der Waals surface area contributed by atoms with Crippen molar-refractivity contribution >= 4 is 23.9 Å². The van der Waals surface area contributed by atoms with Crippen molar-refractivity contribution in [2.75, 3.05) is 13.2 Å². The molecular formula is C14H18O10. The van der Waals surface area contributed by atoms with Crippen LogP contribution in [0.25, 0.3) is 0 Å². The van der Waals surface area contributed by atoms with Crippen molar-refractivity contribution in [1.82, 2.24) is 0 Å². The summed E-state index contributed by atoms with van der Waals surface area (Å²) in [6.07, 6.45) is -4.12. The summed E-state index contributed by atoms with van der Waals surface area (Å²) in [5, 5.41) is 17.2. The number of rotatable bonds is 11. The number of ether oxygens (including phenoxy) is 4. The molecule has 0 aromatic rings. The minimum atomic E-state index is -1.13. The average molecular weight is 346 g/mol. The van der Waals surface area contributed by atoms with Crippen LogP contribution in [-0.4, -0.2) is 71.7 Å². The second kappa shape index (κ2) is 8.06. The van der Waals surface area contributed by atoms with Crippen LogP contribution in [0.1, 0.15) is 25.7 Å². The predicted molar refractivity (Wildman–Crippen MR) is 73.0 cm³/mol. The van der Waals surface area contributed by atoms with E-state index in [1.54, 1.807) is 0 Å². The van der Waals surface area contributed by atoms with Crippen molar-refractivity contribution in [3.63, 3.8) is 0 Å². The molecule has 24 heavy (non-hydrogen) atoms. The lowest BCUT2D eigenvalue weighted by molar-refractivity contribution is -0.172. The summed E-state index contributed by atoms with van der Waals surface area (Å²) in [7, 11) is 0. The van der Waals surface area contributed by atoms with E-state index in [4.69, 9.17) is 29.2 Å². The molecule has 2 aliphatic rings. The fourth-order valence-corrected chi connectivity index (χ4v) is 2.04. The Balaban J connectivity index is 1.92. The van der Waals surface area contributed by atoms with Crippen LogP contribution in [0.2, 0.25) is 0 Å². The van der Waals surface area contributed by atoms with Gasteiger partial charge in [-0.05, 0) is 0 Å². The van der Waals surface area contributed by atoms with Gasteiger partial charge < -0.3 is 29.2 Å². The molecule has 0 aliphatic carbocycles. The van der Waals surface area contributed by atoms with Gasteiger partial charge in [0.25, 0.3) is 0 Å². The zero-order valence-corrected chi connectivity index (χ0v) is 12.7. The normalized spacial score (nSPS) is 23.7. The smallest absolute Gasteiger partial charge is 0.306 e. The van der Waals surface area contributed by atoms with Crippen LogP contribution in [0, 0.1) is 0 Å². The molecule has 2 aliphatic heterocycles. The number of carbonyl (C=O) groups excluding carboxylic acids is 2. The van der Waals surface area contributed by atoms with Gasteiger partial charge in [-0.2, -0.15) is 0 Å². The Labute approximate surface area is 136 Å². The summed E-state index contributed by atoms with van der Waals surface area (Å²) in [5.41, 5.74) is 0. The quantitative estimate of drug-likeness (QED) is 0.364. The lowest BCUT2D eigenvalue weighted by Crippen LogP contribution is -2.43. The zero-order chi connectivity index (χ0) is 17.7. The maximum atomic E-state index is 11.7. The molecular weight excluding hydrogens is 328 g/mol. The molecule has 2 fully saturated rings. The van der Waals surface area contributed by atoms with E-state index in [9.17, 15) is 19.2 Å². The Morgan fingerprint density at radius 2 is 1.12 bits per heavy atom. The fraction of sp³-hybridized carbons (Fsp3) is 0.714. The minimum Gasteiger partial charge on any atom is -0.481 e. The van der Waals surface area contributed by atoms with Crippen molar-refractivity contribution in [2.45, 2.75) is 50.1 Å². The Morgan fingerprint density at radius 3 is 1.38 bits per heavy atom. The van der Waals surface area contributed by atoms with Crippen LogP contribution in [0.4, 0.5) is 0 Å². The highest BCUT2D eigenvalue weighted by Gasteiger charge is 2.50. The first-order valence-corrected chi connectivity index (χ1v) is 7.42. The Kier molecular flexibility index (Phi) is 6.10. The van der Waals surface area contributed by atoms with Gasteiger partial charge in [0.05, 0.1) is 38.9 Å². The lowest BCUT2D eigenvalue weighted by Gasteiger charge is -2.24. The van der Waals surface area contributed by atoms with E-state index in [-0.39, 0.29) is 25.7 Å². The summed E-state index contributed by atoms with van der Waals surface area (Å²) >= 11 is 0. The number of aliphatic carboxylic acids is 2. The summed E-state index contributed by atoms with van der Waals surface area (Å²) in [5.74, 6) is -3.75. The van der Waals surface area contributed by atoms with Crippen LogP contribution in [-0.2, 0) is 38.1 Å². The molecule has 2 heterocycles. The monoisotopic (exact) mass is 346 g/mol. The van der Waals surface area contributed by atoms with E-state index in [0.717, 1.165) is 0 Å². The summed E-state index contributed by atoms with van der Waals surface area (Å²) < 4.78 is 20.6. The number of carboxylic acids is 2. The first-order valence-electron chi connectivity index (χ1n) is 7.42. The van der Waals surface area contributed by atoms with Crippen molar-refractivity contribution in [1.29, 1.82) is 0 Å². The van der Waals surface area contributed by atoms with Gasteiger partial charge in [0, 0.05) is 0 Å². The van der Waals surface area contributed by atoms with E-state index in [1.807, 2.05) is 0 Å². The summed E-state index contributed by atoms with van der Waals surface area (Å²) in [4.78, 5) is 44.5. The number of epoxide rings is 2. The molecule has 0 radical (unpaired) electrons. The van der Waals surface area contributed by atoms with Crippen molar-refractivity contribution in [3.05, 3.63) is 0 Å². The highest BCUT2D eigenvalue weighted by molar-refractivity contribution is 5.77. The molecule has 2 saturated heterocycles. The van der Waals surface area contributed by atoms with Crippen LogP contribution in [0.15, 0.2) is 0 Å². The van der Waals surface area contributed by atoms with E-state index in [0.29, 0.717) is 13.2 Å². The first-order chi connectivity index (χ1) is 11.4. The molecule has 10 heteroatoms. The number of carbonyl (C=O) groups is 4. The topological polar surface area (TPSA) is 152 Å². The Hall–Kier alpha value is -2.20. The van der Waals surface area contributed by atoms with Crippen LogP contribution < -0.4 is 0 Å². The molecule has 0 spiro atoms. The molecule has 2 rings (SSSR count). The van der Waals surface area contributed by atoms with Crippen molar-refractivity contribution in [2.24, 2.45) is 0 Å². The molecule has 4 atom stereocenters. The van der Waals surface area contributed by atoms with Gasteiger partial charge in [-0.1, -0.05) is 0 Å². The third kappa shape index (κ3) is 6.13. The number of hydrogen-bond acceptors (Lipinski definition) is 8. The molecule has 10 nitrogen and oxygen atoms in total. The third-order valence-electron chi connectivity index (χ3n) is 3.40. The maximum absolute atomic E-state index is 11.7. The van der Waals surface area contributed by atoms with E-state index >= 15 is 0 Å². The summed E-state index contributed by atoms with van der Waals surface area (Å²) in [6.45, 7) is 0.625.